The molecular formula is C16H27NO. The molecule has 0 saturated carbocycles. The average Bonchev–Trinajstić information content (AvgIpc) is 2.34. The standard InChI is InChI=1S/C16H27NO/c1-13(2)16-7-5-15(6-8-16)9-10-17-11-12-18-14(3)4/h5-8,13-14,17H,9-12H2,1-4H3. The lowest BCUT2D eigenvalue weighted by molar-refractivity contribution is 0.0810. The summed E-state index contributed by atoms with van der Waals surface area (Å²) < 4.78 is 5.47. The molecule has 0 aliphatic carbocycles. The Balaban J connectivity index is 2.15. The minimum atomic E-state index is 0.329. The van der Waals surface area contributed by atoms with Gasteiger partial charge in [-0.05, 0) is 43.9 Å². The van der Waals surface area contributed by atoms with Crippen LogP contribution in [-0.4, -0.2) is 25.8 Å². The van der Waals surface area contributed by atoms with E-state index >= 15 is 0 Å². The Bertz CT molecular complexity index is 316. The van der Waals surface area contributed by atoms with Crippen LogP contribution in [0.15, 0.2) is 24.3 Å². The molecule has 0 unspecified atom stereocenters. The molecule has 2 heteroatoms. The molecule has 18 heavy (non-hydrogen) atoms. The Morgan fingerprint density at radius 1 is 1.00 bits per heavy atom. The first-order chi connectivity index (χ1) is 8.59. The van der Waals surface area contributed by atoms with Crippen LogP contribution in [0.1, 0.15) is 44.7 Å². The van der Waals surface area contributed by atoms with Crippen molar-refractivity contribution >= 4 is 0 Å². The third-order valence-electron chi connectivity index (χ3n) is 2.97. The molecule has 0 atom stereocenters. The SMILES string of the molecule is CC(C)OCCNCCc1ccc(C(C)C)cc1. The van der Waals surface area contributed by atoms with Gasteiger partial charge in [0.25, 0.3) is 0 Å². The lowest BCUT2D eigenvalue weighted by Crippen LogP contribution is -2.23. The van der Waals surface area contributed by atoms with Gasteiger partial charge in [-0.1, -0.05) is 38.1 Å². The van der Waals surface area contributed by atoms with Crippen molar-refractivity contribution in [2.45, 2.75) is 46.1 Å². The molecular weight excluding hydrogens is 222 g/mol. The summed E-state index contributed by atoms with van der Waals surface area (Å²) in [6, 6.07) is 8.95. The molecule has 0 aromatic heterocycles. The number of ether oxygens (including phenoxy) is 1. The van der Waals surface area contributed by atoms with E-state index in [9.17, 15) is 0 Å². The fraction of sp³-hybridized carbons (Fsp3) is 0.625. The van der Waals surface area contributed by atoms with E-state index in [1.807, 2.05) is 0 Å². The summed E-state index contributed by atoms with van der Waals surface area (Å²) in [7, 11) is 0. The Morgan fingerprint density at radius 3 is 2.22 bits per heavy atom. The van der Waals surface area contributed by atoms with Gasteiger partial charge in [-0.2, -0.15) is 0 Å². The molecule has 0 fully saturated rings. The lowest BCUT2D eigenvalue weighted by atomic mass is 10.0. The van der Waals surface area contributed by atoms with Gasteiger partial charge in [0.2, 0.25) is 0 Å². The highest BCUT2D eigenvalue weighted by Gasteiger charge is 1.99. The molecule has 0 saturated heterocycles. The maximum Gasteiger partial charge on any atom is 0.0594 e. The van der Waals surface area contributed by atoms with Crippen LogP contribution in [0.25, 0.3) is 0 Å². The summed E-state index contributed by atoms with van der Waals surface area (Å²) in [5.74, 6) is 0.616. The maximum atomic E-state index is 5.47. The van der Waals surface area contributed by atoms with E-state index in [0.717, 1.165) is 26.1 Å². The molecule has 0 bridgehead atoms. The van der Waals surface area contributed by atoms with Crippen molar-refractivity contribution in [2.75, 3.05) is 19.7 Å². The predicted octanol–water partition coefficient (Wildman–Crippen LogP) is 3.37. The van der Waals surface area contributed by atoms with Gasteiger partial charge in [0, 0.05) is 6.54 Å². The van der Waals surface area contributed by atoms with Gasteiger partial charge in [-0.15, -0.1) is 0 Å². The van der Waals surface area contributed by atoms with Gasteiger partial charge in [-0.3, -0.25) is 0 Å². The first-order valence-electron chi connectivity index (χ1n) is 7.00. The summed E-state index contributed by atoms with van der Waals surface area (Å²) in [5.41, 5.74) is 2.81. The van der Waals surface area contributed by atoms with Crippen LogP contribution in [0.4, 0.5) is 0 Å². The van der Waals surface area contributed by atoms with Gasteiger partial charge in [0.1, 0.15) is 0 Å². The van der Waals surface area contributed by atoms with E-state index < -0.39 is 0 Å². The summed E-state index contributed by atoms with van der Waals surface area (Å²) in [4.78, 5) is 0. The number of nitrogens with one attached hydrogen (secondary N) is 1. The fourth-order valence-electron chi connectivity index (χ4n) is 1.79. The van der Waals surface area contributed by atoms with Crippen molar-refractivity contribution in [1.29, 1.82) is 0 Å². The molecule has 1 rings (SSSR count). The van der Waals surface area contributed by atoms with Crippen molar-refractivity contribution in [2.24, 2.45) is 0 Å². The average molecular weight is 249 g/mol. The van der Waals surface area contributed by atoms with Crippen molar-refractivity contribution < 1.29 is 4.74 Å². The van der Waals surface area contributed by atoms with Crippen molar-refractivity contribution in [3.8, 4) is 0 Å². The fourth-order valence-corrected chi connectivity index (χ4v) is 1.79. The molecule has 0 heterocycles. The molecule has 1 aromatic carbocycles. The van der Waals surface area contributed by atoms with E-state index in [1.54, 1.807) is 0 Å². The second-order valence-corrected chi connectivity index (χ2v) is 5.32. The van der Waals surface area contributed by atoms with Crippen LogP contribution in [-0.2, 0) is 11.2 Å². The topological polar surface area (TPSA) is 21.3 Å². The van der Waals surface area contributed by atoms with E-state index in [0.29, 0.717) is 12.0 Å². The van der Waals surface area contributed by atoms with Crippen molar-refractivity contribution in [1.82, 2.24) is 5.32 Å². The first-order valence-corrected chi connectivity index (χ1v) is 7.00. The molecule has 1 aromatic rings. The second kappa shape index (κ2) is 8.28. The molecule has 0 aliphatic rings. The number of hydrogen-bond donors (Lipinski definition) is 1. The quantitative estimate of drug-likeness (QED) is 0.713. The van der Waals surface area contributed by atoms with Crippen LogP contribution in [0.5, 0.6) is 0 Å². The smallest absolute Gasteiger partial charge is 0.0594 e. The molecule has 0 radical (unpaired) electrons. The Labute approximate surface area is 112 Å². The highest BCUT2D eigenvalue weighted by Crippen LogP contribution is 2.14. The van der Waals surface area contributed by atoms with Gasteiger partial charge >= 0.3 is 0 Å². The van der Waals surface area contributed by atoms with Gasteiger partial charge < -0.3 is 10.1 Å². The minimum absolute atomic E-state index is 0.329. The Morgan fingerprint density at radius 2 is 1.67 bits per heavy atom. The van der Waals surface area contributed by atoms with E-state index in [-0.39, 0.29) is 0 Å². The van der Waals surface area contributed by atoms with Crippen molar-refractivity contribution in [3.05, 3.63) is 35.4 Å². The van der Waals surface area contributed by atoms with Crippen LogP contribution in [0.2, 0.25) is 0 Å². The zero-order chi connectivity index (χ0) is 13.4. The number of hydrogen-bond acceptors (Lipinski definition) is 2. The molecule has 102 valence electrons. The van der Waals surface area contributed by atoms with E-state index in [4.69, 9.17) is 4.74 Å². The van der Waals surface area contributed by atoms with E-state index in [1.165, 1.54) is 11.1 Å². The predicted molar refractivity (Wildman–Crippen MR) is 78.2 cm³/mol. The minimum Gasteiger partial charge on any atom is -0.377 e. The molecule has 1 N–H and O–H groups in total. The second-order valence-electron chi connectivity index (χ2n) is 5.32. The third-order valence-corrected chi connectivity index (χ3v) is 2.97. The van der Waals surface area contributed by atoms with Crippen LogP contribution in [0, 0.1) is 0 Å². The third kappa shape index (κ3) is 6.18. The van der Waals surface area contributed by atoms with Crippen LogP contribution in [0.3, 0.4) is 0 Å². The first kappa shape index (κ1) is 15.2. The number of rotatable bonds is 8. The summed E-state index contributed by atoms with van der Waals surface area (Å²) in [5, 5.41) is 3.40. The summed E-state index contributed by atoms with van der Waals surface area (Å²) in [6.45, 7) is 11.3. The largest absolute Gasteiger partial charge is 0.377 e. The normalized spacial score (nSPS) is 11.4. The van der Waals surface area contributed by atoms with Crippen LogP contribution >= 0.6 is 0 Å². The molecule has 0 aliphatic heterocycles. The highest BCUT2D eigenvalue weighted by molar-refractivity contribution is 5.24. The zero-order valence-electron chi connectivity index (χ0n) is 12.2. The Kier molecular flexibility index (Phi) is 6.99. The van der Waals surface area contributed by atoms with Gasteiger partial charge in [-0.25, -0.2) is 0 Å². The van der Waals surface area contributed by atoms with Gasteiger partial charge in [0.05, 0.1) is 12.7 Å². The molecule has 0 spiro atoms. The van der Waals surface area contributed by atoms with Gasteiger partial charge in [0.15, 0.2) is 0 Å². The van der Waals surface area contributed by atoms with Crippen LogP contribution < -0.4 is 5.32 Å². The Hall–Kier alpha value is -0.860. The maximum absolute atomic E-state index is 5.47. The van der Waals surface area contributed by atoms with E-state index in [2.05, 4.69) is 57.3 Å². The summed E-state index contributed by atoms with van der Waals surface area (Å²) in [6.07, 6.45) is 1.41. The molecule has 2 nitrogen and oxygen atoms in total. The summed E-state index contributed by atoms with van der Waals surface area (Å²) >= 11 is 0. The highest BCUT2D eigenvalue weighted by atomic mass is 16.5. The molecule has 0 amide bonds. The zero-order valence-corrected chi connectivity index (χ0v) is 12.2. The van der Waals surface area contributed by atoms with Crippen molar-refractivity contribution in [3.63, 3.8) is 0 Å². The lowest BCUT2D eigenvalue weighted by Gasteiger charge is -2.09. The number of benzene rings is 1. The monoisotopic (exact) mass is 249 g/mol.